The van der Waals surface area contributed by atoms with Crippen molar-refractivity contribution in [2.45, 2.75) is 32.1 Å². The molecule has 9 heteroatoms. The lowest BCUT2D eigenvalue weighted by atomic mass is 9.75. The molecule has 4 rings (SSSR count). The van der Waals surface area contributed by atoms with E-state index in [-0.39, 0.29) is 38.4 Å². The maximum atomic E-state index is 15.0. The Balaban J connectivity index is 1.50. The molecule has 4 heterocycles. The van der Waals surface area contributed by atoms with Crippen molar-refractivity contribution in [2.24, 2.45) is 12.5 Å². The van der Waals surface area contributed by atoms with Crippen LogP contribution in [0.15, 0.2) is 24.4 Å². The number of aromatic nitrogens is 4. The summed E-state index contributed by atoms with van der Waals surface area (Å²) in [6, 6.07) is 5.42. The van der Waals surface area contributed by atoms with Crippen LogP contribution in [0.25, 0.3) is 0 Å². The molecule has 1 atom stereocenters. The Bertz CT molecular complexity index is 868. The van der Waals surface area contributed by atoms with Crippen LogP contribution in [0.5, 0.6) is 0 Å². The van der Waals surface area contributed by atoms with Crippen LogP contribution in [0.4, 0.5) is 14.6 Å². The fourth-order valence-corrected chi connectivity index (χ4v) is 4.19. The molecular formula is C19H24F2N6O. The van der Waals surface area contributed by atoms with E-state index in [4.69, 9.17) is 0 Å². The van der Waals surface area contributed by atoms with E-state index in [0.29, 0.717) is 24.5 Å². The second-order valence-electron chi connectivity index (χ2n) is 7.91. The molecule has 2 fully saturated rings. The molecule has 150 valence electrons. The maximum Gasteiger partial charge on any atom is 0.258 e. The fourth-order valence-electron chi connectivity index (χ4n) is 4.19. The number of nitrogens with zero attached hydrogens (tertiary/aromatic N) is 6. The van der Waals surface area contributed by atoms with Gasteiger partial charge >= 0.3 is 0 Å². The number of likely N-dealkylation sites (tertiary alicyclic amines) is 1. The lowest BCUT2D eigenvalue weighted by Crippen LogP contribution is -2.58. The molecule has 7 nitrogen and oxygen atoms in total. The van der Waals surface area contributed by atoms with Gasteiger partial charge in [-0.05, 0) is 31.5 Å². The van der Waals surface area contributed by atoms with Gasteiger partial charge in [0.15, 0.2) is 5.82 Å². The Morgan fingerprint density at radius 3 is 2.64 bits per heavy atom. The van der Waals surface area contributed by atoms with E-state index in [9.17, 15) is 13.6 Å². The average molecular weight is 390 g/mol. The highest BCUT2D eigenvalue weighted by molar-refractivity contribution is 5.78. The van der Waals surface area contributed by atoms with Crippen LogP contribution in [0.1, 0.15) is 24.2 Å². The number of aryl methyl sites for hydroxylation is 2. The highest BCUT2D eigenvalue weighted by Crippen LogP contribution is 2.50. The second kappa shape index (κ2) is 6.79. The standard InChI is InChI=1S/C19H24F2N6O/c1-14-3-4-16(23-22-14)26-9-6-18(12-26)13-27(10-7-19(18,20)21)17(28)11-15-5-8-25(2)24-15/h3-5,8H,6-7,9-13H2,1-2H3/t18-/m0/s1. The van der Waals surface area contributed by atoms with E-state index in [1.54, 1.807) is 28.9 Å². The van der Waals surface area contributed by atoms with E-state index in [1.165, 1.54) is 0 Å². The van der Waals surface area contributed by atoms with E-state index < -0.39 is 11.3 Å². The Hall–Kier alpha value is -2.58. The summed E-state index contributed by atoms with van der Waals surface area (Å²) in [5, 5.41) is 12.4. The Labute approximate surface area is 162 Å². The predicted molar refractivity (Wildman–Crippen MR) is 99.1 cm³/mol. The van der Waals surface area contributed by atoms with Crippen LogP contribution in [0.3, 0.4) is 0 Å². The number of rotatable bonds is 3. The summed E-state index contributed by atoms with van der Waals surface area (Å²) in [6.07, 6.45) is 1.92. The van der Waals surface area contributed by atoms with Crippen molar-refractivity contribution in [2.75, 3.05) is 31.1 Å². The van der Waals surface area contributed by atoms with Gasteiger partial charge in [0.05, 0.1) is 23.2 Å². The van der Waals surface area contributed by atoms with Gasteiger partial charge in [0, 0.05) is 45.8 Å². The van der Waals surface area contributed by atoms with Gasteiger partial charge in [-0.3, -0.25) is 9.48 Å². The number of piperidine rings is 1. The van der Waals surface area contributed by atoms with Crippen LogP contribution in [0, 0.1) is 12.3 Å². The molecule has 1 spiro atoms. The first kappa shape index (κ1) is 18.8. The summed E-state index contributed by atoms with van der Waals surface area (Å²) in [6.45, 7) is 2.62. The molecule has 2 aliphatic rings. The Morgan fingerprint density at radius 2 is 1.96 bits per heavy atom. The van der Waals surface area contributed by atoms with Crippen molar-refractivity contribution < 1.29 is 13.6 Å². The van der Waals surface area contributed by atoms with Gasteiger partial charge in [-0.25, -0.2) is 8.78 Å². The van der Waals surface area contributed by atoms with E-state index >= 15 is 0 Å². The fraction of sp³-hybridized carbons (Fsp3) is 0.579. The van der Waals surface area contributed by atoms with Crippen LogP contribution in [0.2, 0.25) is 0 Å². The Morgan fingerprint density at radius 1 is 1.14 bits per heavy atom. The van der Waals surface area contributed by atoms with Crippen molar-refractivity contribution in [1.29, 1.82) is 0 Å². The van der Waals surface area contributed by atoms with Gasteiger partial charge in [0.25, 0.3) is 5.92 Å². The number of hydrogen-bond acceptors (Lipinski definition) is 5. The van der Waals surface area contributed by atoms with Crippen molar-refractivity contribution in [3.63, 3.8) is 0 Å². The van der Waals surface area contributed by atoms with Crippen molar-refractivity contribution in [1.82, 2.24) is 24.9 Å². The third-order valence-electron chi connectivity index (χ3n) is 5.88. The molecule has 0 unspecified atom stereocenters. The highest BCUT2D eigenvalue weighted by Gasteiger charge is 2.60. The van der Waals surface area contributed by atoms with Crippen LogP contribution in [-0.2, 0) is 18.3 Å². The molecule has 0 aromatic carbocycles. The molecule has 0 radical (unpaired) electrons. The number of halogens is 2. The average Bonchev–Trinajstić information content (AvgIpc) is 3.26. The molecule has 2 aromatic heterocycles. The summed E-state index contributed by atoms with van der Waals surface area (Å²) in [5.41, 5.74) is 0.186. The minimum atomic E-state index is -2.82. The lowest BCUT2D eigenvalue weighted by Gasteiger charge is -2.45. The zero-order valence-electron chi connectivity index (χ0n) is 16.1. The van der Waals surface area contributed by atoms with Crippen LogP contribution < -0.4 is 4.90 Å². The van der Waals surface area contributed by atoms with Crippen molar-refractivity contribution >= 4 is 11.7 Å². The number of carbonyl (C=O) groups is 1. The smallest absolute Gasteiger partial charge is 0.258 e. The van der Waals surface area contributed by atoms with Gasteiger partial charge < -0.3 is 9.80 Å². The normalized spacial score (nSPS) is 24.1. The minimum Gasteiger partial charge on any atom is -0.354 e. The molecule has 0 N–H and O–H groups in total. The van der Waals surface area contributed by atoms with Gasteiger partial charge in [-0.1, -0.05) is 0 Å². The summed E-state index contributed by atoms with van der Waals surface area (Å²) >= 11 is 0. The molecule has 28 heavy (non-hydrogen) atoms. The molecule has 2 saturated heterocycles. The number of anilines is 1. The summed E-state index contributed by atoms with van der Waals surface area (Å²) in [4.78, 5) is 16.1. The van der Waals surface area contributed by atoms with Gasteiger partial charge in [-0.2, -0.15) is 10.2 Å². The Kier molecular flexibility index (Phi) is 4.55. The lowest BCUT2D eigenvalue weighted by molar-refractivity contribution is -0.168. The third kappa shape index (κ3) is 3.33. The number of carbonyl (C=O) groups excluding carboxylic acids is 1. The minimum absolute atomic E-state index is 0.0570. The van der Waals surface area contributed by atoms with Crippen molar-refractivity contribution in [3.05, 3.63) is 35.8 Å². The van der Waals surface area contributed by atoms with Crippen LogP contribution >= 0.6 is 0 Å². The third-order valence-corrected chi connectivity index (χ3v) is 5.88. The number of amides is 1. The van der Waals surface area contributed by atoms with Gasteiger partial charge in [-0.15, -0.1) is 5.10 Å². The monoisotopic (exact) mass is 390 g/mol. The summed E-state index contributed by atoms with van der Waals surface area (Å²) in [5.74, 6) is -2.36. The van der Waals surface area contributed by atoms with Crippen LogP contribution in [-0.4, -0.2) is 62.9 Å². The first-order valence-electron chi connectivity index (χ1n) is 9.47. The quantitative estimate of drug-likeness (QED) is 0.800. The SMILES string of the molecule is Cc1ccc(N2CC[C@@]3(CN(C(=O)Cc4ccn(C)n4)CCC3(F)F)C2)nn1. The van der Waals surface area contributed by atoms with E-state index in [1.807, 2.05) is 24.0 Å². The molecule has 2 aliphatic heterocycles. The largest absolute Gasteiger partial charge is 0.354 e. The molecule has 1 amide bonds. The van der Waals surface area contributed by atoms with Crippen molar-refractivity contribution in [3.8, 4) is 0 Å². The molecule has 0 bridgehead atoms. The van der Waals surface area contributed by atoms with E-state index in [0.717, 1.165) is 5.69 Å². The highest BCUT2D eigenvalue weighted by atomic mass is 19.3. The first-order valence-corrected chi connectivity index (χ1v) is 9.47. The van der Waals surface area contributed by atoms with Gasteiger partial charge in [0.1, 0.15) is 0 Å². The number of hydrogen-bond donors (Lipinski definition) is 0. The molecular weight excluding hydrogens is 366 g/mol. The molecule has 2 aromatic rings. The maximum absolute atomic E-state index is 15.0. The summed E-state index contributed by atoms with van der Waals surface area (Å²) < 4.78 is 31.6. The predicted octanol–water partition coefficient (Wildman–Crippen LogP) is 1.83. The zero-order chi connectivity index (χ0) is 19.9. The van der Waals surface area contributed by atoms with Gasteiger partial charge in [0.2, 0.25) is 5.91 Å². The summed E-state index contributed by atoms with van der Waals surface area (Å²) in [7, 11) is 1.78. The first-order chi connectivity index (χ1) is 13.3. The second-order valence-corrected chi connectivity index (χ2v) is 7.91. The number of alkyl halides is 2. The topological polar surface area (TPSA) is 67.2 Å². The molecule has 0 aliphatic carbocycles. The van der Waals surface area contributed by atoms with E-state index in [2.05, 4.69) is 15.3 Å². The zero-order valence-corrected chi connectivity index (χ0v) is 16.1. The molecule has 0 saturated carbocycles.